The molecule has 5 heteroatoms. The first-order valence-electron chi connectivity index (χ1n) is 9.53. The van der Waals surface area contributed by atoms with Crippen molar-refractivity contribution in [2.24, 2.45) is 0 Å². The van der Waals surface area contributed by atoms with Gasteiger partial charge in [-0.2, -0.15) is 0 Å². The zero-order valence-electron chi connectivity index (χ0n) is 16.5. The highest BCUT2D eigenvalue weighted by Gasteiger charge is 2.37. The second-order valence-electron chi connectivity index (χ2n) is 8.17. The summed E-state index contributed by atoms with van der Waals surface area (Å²) in [5.74, 6) is -0.126. The molecule has 1 N–H and O–H groups in total. The van der Waals surface area contributed by atoms with Crippen LogP contribution in [-0.2, 0) is 9.53 Å². The highest BCUT2D eigenvalue weighted by Crippen LogP contribution is 2.24. The lowest BCUT2D eigenvalue weighted by molar-refractivity contribution is -0.126. The molecule has 5 nitrogen and oxygen atoms in total. The Bertz CT molecular complexity index is 841. The maximum Gasteiger partial charge on any atom is 0.410 e. The van der Waals surface area contributed by atoms with E-state index in [0.717, 1.165) is 17.4 Å². The summed E-state index contributed by atoms with van der Waals surface area (Å²) in [5.41, 5.74) is 0.475. The van der Waals surface area contributed by atoms with E-state index in [9.17, 15) is 9.59 Å². The number of amides is 2. The van der Waals surface area contributed by atoms with Crippen molar-refractivity contribution in [1.82, 2.24) is 10.2 Å². The maximum atomic E-state index is 12.8. The Balaban J connectivity index is 1.68. The minimum atomic E-state index is -0.570. The third-order valence-corrected chi connectivity index (χ3v) is 4.82. The lowest BCUT2D eigenvalue weighted by Crippen LogP contribution is -2.48. The van der Waals surface area contributed by atoms with Gasteiger partial charge in [0.15, 0.2) is 0 Å². The number of hydrogen-bond donors (Lipinski definition) is 1. The molecule has 2 aromatic carbocycles. The minimum absolute atomic E-state index is 0.126. The van der Waals surface area contributed by atoms with Gasteiger partial charge in [0.2, 0.25) is 5.91 Å². The van der Waals surface area contributed by atoms with Crippen LogP contribution in [0.25, 0.3) is 10.8 Å². The first kappa shape index (κ1) is 19.2. The van der Waals surface area contributed by atoms with E-state index >= 15 is 0 Å². The summed E-state index contributed by atoms with van der Waals surface area (Å²) in [4.78, 5) is 26.8. The highest BCUT2D eigenvalue weighted by atomic mass is 16.6. The number of ether oxygens (including phenoxy) is 1. The molecule has 2 atom stereocenters. The molecule has 2 amide bonds. The van der Waals surface area contributed by atoms with Crippen LogP contribution in [0.15, 0.2) is 42.5 Å². The number of likely N-dealkylation sites (tertiary alicyclic amines) is 1. The summed E-state index contributed by atoms with van der Waals surface area (Å²) in [6.45, 7) is 8.01. The lowest BCUT2D eigenvalue weighted by atomic mass is 10.0. The number of carbonyl (C=O) groups is 2. The predicted molar refractivity (Wildman–Crippen MR) is 106 cm³/mol. The molecule has 0 aromatic heterocycles. The van der Waals surface area contributed by atoms with Crippen molar-refractivity contribution >= 4 is 22.8 Å². The normalized spacial score (nSPS) is 18.4. The second-order valence-corrected chi connectivity index (χ2v) is 8.17. The first-order chi connectivity index (χ1) is 12.7. The number of benzene rings is 2. The molecule has 2 aromatic rings. The van der Waals surface area contributed by atoms with E-state index in [2.05, 4.69) is 29.6 Å². The first-order valence-corrected chi connectivity index (χ1v) is 9.53. The van der Waals surface area contributed by atoms with Gasteiger partial charge >= 0.3 is 6.09 Å². The fraction of sp³-hybridized carbons (Fsp3) is 0.455. The average Bonchev–Trinajstić information content (AvgIpc) is 3.10. The summed E-state index contributed by atoms with van der Waals surface area (Å²) >= 11 is 0. The van der Waals surface area contributed by atoms with E-state index in [1.165, 1.54) is 5.39 Å². The molecule has 1 fully saturated rings. The number of carbonyl (C=O) groups excluding carboxylic acids is 2. The van der Waals surface area contributed by atoms with E-state index in [4.69, 9.17) is 4.74 Å². The van der Waals surface area contributed by atoms with Crippen molar-refractivity contribution in [3.63, 3.8) is 0 Å². The number of rotatable bonds is 3. The van der Waals surface area contributed by atoms with Crippen LogP contribution in [0.3, 0.4) is 0 Å². The third-order valence-electron chi connectivity index (χ3n) is 4.82. The van der Waals surface area contributed by atoms with Gasteiger partial charge < -0.3 is 10.1 Å². The Kier molecular flexibility index (Phi) is 5.40. The van der Waals surface area contributed by atoms with Crippen LogP contribution in [0.5, 0.6) is 0 Å². The molecular weight excluding hydrogens is 340 g/mol. The highest BCUT2D eigenvalue weighted by molar-refractivity contribution is 5.87. The Morgan fingerprint density at radius 1 is 1.15 bits per heavy atom. The molecule has 3 rings (SSSR count). The molecule has 0 radical (unpaired) electrons. The largest absolute Gasteiger partial charge is 0.444 e. The number of fused-ring (bicyclic) bond motifs is 1. The molecule has 1 heterocycles. The molecule has 0 unspecified atom stereocenters. The van der Waals surface area contributed by atoms with Crippen LogP contribution in [0.4, 0.5) is 4.79 Å². The van der Waals surface area contributed by atoms with Crippen LogP contribution in [0.1, 0.15) is 52.1 Å². The van der Waals surface area contributed by atoms with E-state index in [1.54, 1.807) is 4.90 Å². The molecule has 1 saturated heterocycles. The summed E-state index contributed by atoms with van der Waals surface area (Å²) in [6.07, 6.45) is 1.05. The summed E-state index contributed by atoms with van der Waals surface area (Å²) in [7, 11) is 0. The average molecular weight is 368 g/mol. The van der Waals surface area contributed by atoms with E-state index < -0.39 is 17.7 Å². The number of nitrogens with one attached hydrogen (secondary N) is 1. The van der Waals surface area contributed by atoms with Crippen molar-refractivity contribution in [2.75, 3.05) is 6.54 Å². The van der Waals surface area contributed by atoms with Gasteiger partial charge in [0.1, 0.15) is 11.6 Å². The lowest BCUT2D eigenvalue weighted by Gasteiger charge is -2.28. The molecule has 0 bridgehead atoms. The van der Waals surface area contributed by atoms with Gasteiger partial charge in [-0.15, -0.1) is 0 Å². The van der Waals surface area contributed by atoms with Crippen molar-refractivity contribution < 1.29 is 14.3 Å². The molecule has 0 spiro atoms. The summed E-state index contributed by atoms with van der Waals surface area (Å²) in [5, 5.41) is 5.38. The fourth-order valence-electron chi connectivity index (χ4n) is 3.45. The van der Waals surface area contributed by atoms with Crippen LogP contribution in [-0.4, -0.2) is 35.1 Å². The zero-order valence-corrected chi connectivity index (χ0v) is 16.5. The van der Waals surface area contributed by atoms with Gasteiger partial charge in [0.05, 0.1) is 6.04 Å². The topological polar surface area (TPSA) is 58.6 Å². The molecule has 27 heavy (non-hydrogen) atoms. The van der Waals surface area contributed by atoms with Crippen LogP contribution < -0.4 is 5.32 Å². The predicted octanol–water partition coefficient (Wildman–Crippen LogP) is 4.42. The fourth-order valence-corrected chi connectivity index (χ4v) is 3.45. The summed E-state index contributed by atoms with van der Waals surface area (Å²) in [6, 6.07) is 13.7. The van der Waals surface area contributed by atoms with E-state index in [1.807, 2.05) is 45.9 Å². The standard InChI is InChI=1S/C22H28N2O3/c1-15(17-12-11-16-8-5-6-9-18(16)14-17)23-20(25)19-10-7-13-24(19)21(26)27-22(2,3)4/h5-6,8-9,11-12,14-15,19H,7,10,13H2,1-4H3,(H,23,25)/t15-,19-/m1/s1. The Hall–Kier alpha value is -2.56. The van der Waals surface area contributed by atoms with Crippen LogP contribution in [0.2, 0.25) is 0 Å². The van der Waals surface area contributed by atoms with Gasteiger partial charge in [-0.3, -0.25) is 9.69 Å². The quantitative estimate of drug-likeness (QED) is 0.873. The van der Waals surface area contributed by atoms with Crippen molar-refractivity contribution in [1.29, 1.82) is 0 Å². The number of nitrogens with zero attached hydrogens (tertiary/aromatic N) is 1. The van der Waals surface area contributed by atoms with E-state index in [-0.39, 0.29) is 11.9 Å². The molecular formula is C22H28N2O3. The van der Waals surface area contributed by atoms with Gasteiger partial charge in [-0.05, 0) is 62.9 Å². The van der Waals surface area contributed by atoms with Crippen molar-refractivity contribution in [3.05, 3.63) is 48.0 Å². The van der Waals surface area contributed by atoms with E-state index in [0.29, 0.717) is 13.0 Å². The monoisotopic (exact) mass is 368 g/mol. The maximum absolute atomic E-state index is 12.8. The zero-order chi connectivity index (χ0) is 19.6. The second kappa shape index (κ2) is 7.59. The van der Waals surface area contributed by atoms with Crippen LogP contribution >= 0.6 is 0 Å². The summed E-state index contributed by atoms with van der Waals surface area (Å²) < 4.78 is 5.45. The van der Waals surface area contributed by atoms with Gasteiger partial charge in [-0.1, -0.05) is 36.4 Å². The van der Waals surface area contributed by atoms with Crippen molar-refractivity contribution in [2.45, 2.75) is 58.2 Å². The SMILES string of the molecule is C[C@@H](NC(=O)[C@H]1CCCN1C(=O)OC(C)(C)C)c1ccc2ccccc2c1. The minimum Gasteiger partial charge on any atom is -0.444 e. The molecule has 144 valence electrons. The molecule has 1 aliphatic heterocycles. The third kappa shape index (κ3) is 4.59. The Labute approximate surface area is 160 Å². The molecule has 0 saturated carbocycles. The molecule has 0 aliphatic carbocycles. The van der Waals surface area contributed by atoms with Gasteiger partial charge in [0, 0.05) is 6.54 Å². The smallest absolute Gasteiger partial charge is 0.410 e. The van der Waals surface area contributed by atoms with Gasteiger partial charge in [0.25, 0.3) is 0 Å². The number of hydrogen-bond acceptors (Lipinski definition) is 3. The Morgan fingerprint density at radius 2 is 1.85 bits per heavy atom. The Morgan fingerprint density at radius 3 is 2.56 bits per heavy atom. The molecule has 1 aliphatic rings. The van der Waals surface area contributed by atoms with Crippen LogP contribution in [0, 0.1) is 0 Å². The van der Waals surface area contributed by atoms with Gasteiger partial charge in [-0.25, -0.2) is 4.79 Å². The van der Waals surface area contributed by atoms with Crippen molar-refractivity contribution in [3.8, 4) is 0 Å².